The van der Waals surface area contributed by atoms with E-state index in [1.165, 1.54) is 5.56 Å². The highest BCUT2D eigenvalue weighted by molar-refractivity contribution is 6.03. The number of pyridine rings is 1. The van der Waals surface area contributed by atoms with Crippen LogP contribution in [-0.4, -0.2) is 16.0 Å². The third-order valence-corrected chi connectivity index (χ3v) is 5.28. The molecule has 0 saturated carbocycles. The van der Waals surface area contributed by atoms with E-state index in [0.29, 0.717) is 17.0 Å². The first-order valence-electron chi connectivity index (χ1n) is 10.4. The Morgan fingerprint density at radius 1 is 0.969 bits per heavy atom. The van der Waals surface area contributed by atoms with Gasteiger partial charge in [-0.2, -0.15) is 0 Å². The number of nitrogens with zero attached hydrogens (tertiary/aromatic N) is 2. The van der Waals surface area contributed by atoms with Crippen LogP contribution >= 0.6 is 0 Å². The van der Waals surface area contributed by atoms with Gasteiger partial charge in [-0.05, 0) is 79.8 Å². The number of benzene rings is 2. The van der Waals surface area contributed by atoms with Crippen molar-refractivity contribution in [1.29, 1.82) is 0 Å². The van der Waals surface area contributed by atoms with Crippen molar-refractivity contribution in [2.24, 2.45) is 0 Å². The van der Waals surface area contributed by atoms with Crippen LogP contribution in [0.25, 0.3) is 0 Å². The Balaban J connectivity index is 1.43. The van der Waals surface area contributed by atoms with Crippen LogP contribution in [0.15, 0.2) is 71.5 Å². The summed E-state index contributed by atoms with van der Waals surface area (Å²) in [6.07, 6.45) is 4.37. The lowest BCUT2D eigenvalue weighted by molar-refractivity contribution is 0.101. The monoisotopic (exact) mass is 427 g/mol. The van der Waals surface area contributed by atoms with E-state index in [-0.39, 0.29) is 18.2 Å². The quantitative estimate of drug-likeness (QED) is 0.426. The zero-order chi connectivity index (χ0) is 22.5. The highest BCUT2D eigenvalue weighted by Gasteiger charge is 2.21. The molecule has 0 aliphatic rings. The van der Waals surface area contributed by atoms with Gasteiger partial charge < -0.3 is 14.6 Å². The number of amides is 1. The average Bonchev–Trinajstić information content (AvgIpc) is 3.17. The van der Waals surface area contributed by atoms with Crippen molar-refractivity contribution in [3.63, 3.8) is 0 Å². The van der Waals surface area contributed by atoms with Crippen LogP contribution < -0.4 is 10.1 Å². The van der Waals surface area contributed by atoms with E-state index in [9.17, 15) is 4.79 Å². The lowest BCUT2D eigenvalue weighted by Gasteiger charge is -2.10. The molecule has 32 heavy (non-hydrogen) atoms. The first-order chi connectivity index (χ1) is 15.5. The summed E-state index contributed by atoms with van der Waals surface area (Å²) in [5.74, 6) is 1.01. The maximum absolute atomic E-state index is 12.9. The summed E-state index contributed by atoms with van der Waals surface area (Å²) < 4.78 is 11.3. The van der Waals surface area contributed by atoms with Crippen LogP contribution in [0.2, 0.25) is 0 Å². The minimum absolute atomic E-state index is 0.202. The highest BCUT2D eigenvalue weighted by Crippen LogP contribution is 2.23. The number of aromatic nitrogens is 2. The largest absolute Gasteiger partial charge is 0.488 e. The van der Waals surface area contributed by atoms with E-state index in [4.69, 9.17) is 9.26 Å². The number of rotatable bonds is 7. The lowest BCUT2D eigenvalue weighted by atomic mass is 10.1. The van der Waals surface area contributed by atoms with Crippen molar-refractivity contribution >= 4 is 11.6 Å². The van der Waals surface area contributed by atoms with Gasteiger partial charge in [0.1, 0.15) is 18.1 Å². The maximum atomic E-state index is 12.9. The summed E-state index contributed by atoms with van der Waals surface area (Å²) in [6, 6.07) is 17.8. The smallest absolute Gasteiger partial charge is 0.278 e. The number of aryl methyl sites for hydroxylation is 3. The van der Waals surface area contributed by atoms with Crippen LogP contribution in [0.4, 0.5) is 5.69 Å². The number of carbonyl (C=O) groups excluding carboxylic acids is 1. The van der Waals surface area contributed by atoms with E-state index in [0.717, 1.165) is 28.9 Å². The van der Waals surface area contributed by atoms with Gasteiger partial charge in [0.15, 0.2) is 5.69 Å². The fraction of sp³-hybridized carbons (Fsp3) is 0.192. The molecule has 0 saturated heterocycles. The topological polar surface area (TPSA) is 77.2 Å². The van der Waals surface area contributed by atoms with Gasteiger partial charge in [-0.1, -0.05) is 29.4 Å². The Morgan fingerprint density at radius 2 is 1.69 bits per heavy atom. The molecule has 0 spiro atoms. The second-order valence-corrected chi connectivity index (χ2v) is 7.81. The third kappa shape index (κ3) is 5.03. The summed E-state index contributed by atoms with van der Waals surface area (Å²) >= 11 is 0. The SMILES string of the molecule is Cc1ccc(C)c(OCc2c(C(=O)Nc3ccc(Cc4ccncc4)cc3)noc2C)c1. The molecule has 2 aromatic heterocycles. The number of nitrogens with one attached hydrogen (secondary N) is 1. The van der Waals surface area contributed by atoms with Crippen LogP contribution in [0.1, 0.15) is 44.1 Å². The molecule has 6 nitrogen and oxygen atoms in total. The molecule has 0 bridgehead atoms. The van der Waals surface area contributed by atoms with Gasteiger partial charge in [0, 0.05) is 18.1 Å². The summed E-state index contributed by atoms with van der Waals surface area (Å²) in [6.45, 7) is 5.98. The second kappa shape index (κ2) is 9.47. The number of hydrogen-bond acceptors (Lipinski definition) is 5. The van der Waals surface area contributed by atoms with Crippen molar-refractivity contribution in [3.05, 3.63) is 106 Å². The predicted molar refractivity (Wildman–Crippen MR) is 123 cm³/mol. The highest BCUT2D eigenvalue weighted by atomic mass is 16.5. The molecule has 4 aromatic rings. The summed E-state index contributed by atoms with van der Waals surface area (Å²) in [5, 5.41) is 6.86. The average molecular weight is 428 g/mol. The molecule has 0 aliphatic heterocycles. The van der Waals surface area contributed by atoms with Crippen LogP contribution in [-0.2, 0) is 13.0 Å². The number of ether oxygens (including phenoxy) is 1. The van der Waals surface area contributed by atoms with Gasteiger partial charge in [0.05, 0.1) is 5.56 Å². The second-order valence-electron chi connectivity index (χ2n) is 7.81. The minimum Gasteiger partial charge on any atom is -0.488 e. The van der Waals surface area contributed by atoms with Gasteiger partial charge in [-0.15, -0.1) is 0 Å². The maximum Gasteiger partial charge on any atom is 0.278 e. The van der Waals surface area contributed by atoms with Crippen molar-refractivity contribution < 1.29 is 14.1 Å². The first kappa shape index (κ1) is 21.3. The standard InChI is InChI=1S/C26H25N3O3/c1-17-4-5-18(2)24(14-17)31-16-23-19(3)32-29-25(23)26(30)28-22-8-6-20(7-9-22)15-21-10-12-27-13-11-21/h4-14H,15-16H2,1-3H3,(H,28,30). The molecule has 0 unspecified atom stereocenters. The molecule has 2 heterocycles. The number of anilines is 1. The molecular formula is C26H25N3O3. The van der Waals surface area contributed by atoms with Gasteiger partial charge in [-0.3, -0.25) is 9.78 Å². The fourth-order valence-corrected chi connectivity index (χ4v) is 3.38. The molecule has 0 atom stereocenters. The van der Waals surface area contributed by atoms with Crippen molar-refractivity contribution in [2.75, 3.05) is 5.32 Å². The summed E-state index contributed by atoms with van der Waals surface area (Å²) in [5.41, 5.74) is 6.03. The molecule has 1 N–H and O–H groups in total. The van der Waals surface area contributed by atoms with E-state index < -0.39 is 0 Å². The molecule has 4 rings (SSSR count). The molecule has 2 aromatic carbocycles. The van der Waals surface area contributed by atoms with Crippen molar-refractivity contribution in [2.45, 2.75) is 33.8 Å². The Labute approximate surface area is 187 Å². The van der Waals surface area contributed by atoms with Crippen LogP contribution in [0.3, 0.4) is 0 Å². The fourth-order valence-electron chi connectivity index (χ4n) is 3.38. The predicted octanol–water partition coefficient (Wildman–Crippen LogP) is 5.42. The summed E-state index contributed by atoms with van der Waals surface area (Å²) in [7, 11) is 0. The van der Waals surface area contributed by atoms with Crippen molar-refractivity contribution in [1.82, 2.24) is 10.1 Å². The third-order valence-electron chi connectivity index (χ3n) is 5.28. The number of hydrogen-bond donors (Lipinski definition) is 1. The first-order valence-corrected chi connectivity index (χ1v) is 10.4. The molecule has 6 heteroatoms. The van der Waals surface area contributed by atoms with Gasteiger partial charge in [0.2, 0.25) is 0 Å². The van der Waals surface area contributed by atoms with Gasteiger partial charge in [-0.25, -0.2) is 0 Å². The Hall–Kier alpha value is -3.93. The number of carbonyl (C=O) groups is 1. The Kier molecular flexibility index (Phi) is 6.31. The Morgan fingerprint density at radius 3 is 2.44 bits per heavy atom. The molecule has 0 radical (unpaired) electrons. The molecule has 0 fully saturated rings. The molecule has 1 amide bonds. The van der Waals surface area contributed by atoms with Crippen molar-refractivity contribution in [3.8, 4) is 5.75 Å². The van der Waals surface area contributed by atoms with Gasteiger partial charge in [0.25, 0.3) is 5.91 Å². The van der Waals surface area contributed by atoms with E-state index in [2.05, 4.69) is 15.5 Å². The lowest BCUT2D eigenvalue weighted by Crippen LogP contribution is -2.15. The zero-order valence-electron chi connectivity index (χ0n) is 18.4. The van der Waals surface area contributed by atoms with E-state index in [1.54, 1.807) is 19.3 Å². The zero-order valence-corrected chi connectivity index (χ0v) is 18.4. The van der Waals surface area contributed by atoms with E-state index in [1.807, 2.05) is 68.4 Å². The normalized spacial score (nSPS) is 10.7. The van der Waals surface area contributed by atoms with Gasteiger partial charge >= 0.3 is 0 Å². The molecule has 162 valence electrons. The van der Waals surface area contributed by atoms with Crippen LogP contribution in [0, 0.1) is 20.8 Å². The Bertz CT molecular complexity index is 1220. The van der Waals surface area contributed by atoms with E-state index >= 15 is 0 Å². The van der Waals surface area contributed by atoms with Crippen LogP contribution in [0.5, 0.6) is 5.75 Å². The summed E-state index contributed by atoms with van der Waals surface area (Å²) in [4.78, 5) is 16.9. The molecular weight excluding hydrogens is 402 g/mol. The molecule has 0 aliphatic carbocycles. The minimum atomic E-state index is -0.330.